The van der Waals surface area contributed by atoms with Gasteiger partial charge in [0.05, 0.1) is 17.7 Å². The first-order valence-electron chi connectivity index (χ1n) is 4.64. The van der Waals surface area contributed by atoms with Crippen LogP contribution in [-0.4, -0.2) is 18.9 Å². The van der Waals surface area contributed by atoms with E-state index in [1.54, 1.807) is 11.3 Å². The smallest absolute Gasteiger partial charge is 0.427 e. The number of methoxy groups -OCH3 is 1. The topological polar surface area (TPSA) is 50.7 Å². The molecule has 0 unspecified atom stereocenters. The van der Waals surface area contributed by atoms with Crippen LogP contribution in [-0.2, 0) is 11.2 Å². The summed E-state index contributed by atoms with van der Waals surface area (Å²) in [6, 6.07) is 4.07. The Bertz CT molecular complexity index is 371. The molecular formula is C10H14N2O2S. The van der Waals surface area contributed by atoms with Crippen molar-refractivity contribution in [3.8, 4) is 0 Å². The highest BCUT2D eigenvalue weighted by Crippen LogP contribution is 2.17. The number of ether oxygens (including phenoxy) is 1. The Hall–Kier alpha value is -1.36. The van der Waals surface area contributed by atoms with Crippen LogP contribution >= 0.6 is 11.3 Å². The van der Waals surface area contributed by atoms with E-state index in [2.05, 4.69) is 28.3 Å². The molecular weight excluding hydrogens is 212 g/mol. The lowest BCUT2D eigenvalue weighted by atomic mass is 10.3. The third-order valence-corrected chi connectivity index (χ3v) is 3.21. The van der Waals surface area contributed by atoms with Crippen LogP contribution < -0.4 is 5.43 Å². The SMILES string of the molecule is CCc1ccc(/C(C)=N/NC(=O)OC)s1. The first-order chi connectivity index (χ1) is 7.17. The number of aryl methyl sites for hydroxylation is 1. The lowest BCUT2D eigenvalue weighted by Gasteiger charge is -1.98. The summed E-state index contributed by atoms with van der Waals surface area (Å²) in [6.07, 6.45) is 0.462. The number of hydrogen-bond donors (Lipinski definition) is 1. The van der Waals surface area contributed by atoms with Gasteiger partial charge in [-0.2, -0.15) is 5.10 Å². The summed E-state index contributed by atoms with van der Waals surface area (Å²) < 4.78 is 4.41. The number of carbonyl (C=O) groups excluding carboxylic acids is 1. The maximum absolute atomic E-state index is 10.8. The van der Waals surface area contributed by atoms with Crippen molar-refractivity contribution in [3.63, 3.8) is 0 Å². The zero-order valence-corrected chi connectivity index (χ0v) is 9.85. The summed E-state index contributed by atoms with van der Waals surface area (Å²) >= 11 is 1.68. The molecule has 1 heterocycles. The summed E-state index contributed by atoms with van der Waals surface area (Å²) in [7, 11) is 1.31. The molecule has 1 amide bonds. The summed E-state index contributed by atoms with van der Waals surface area (Å²) in [4.78, 5) is 13.1. The monoisotopic (exact) mass is 226 g/mol. The van der Waals surface area contributed by atoms with Gasteiger partial charge in [-0.25, -0.2) is 10.2 Å². The van der Waals surface area contributed by atoms with Crippen LogP contribution in [0.1, 0.15) is 23.6 Å². The van der Waals surface area contributed by atoms with Gasteiger partial charge in [-0.3, -0.25) is 0 Å². The first kappa shape index (κ1) is 11.7. The van der Waals surface area contributed by atoms with Crippen molar-refractivity contribution in [1.29, 1.82) is 0 Å². The lowest BCUT2D eigenvalue weighted by Crippen LogP contribution is -2.18. The second-order valence-electron chi connectivity index (χ2n) is 2.92. The van der Waals surface area contributed by atoms with Gasteiger partial charge in [0.15, 0.2) is 0 Å². The van der Waals surface area contributed by atoms with Crippen LogP contribution in [0.5, 0.6) is 0 Å². The predicted molar refractivity (Wildman–Crippen MR) is 61.4 cm³/mol. The van der Waals surface area contributed by atoms with Crippen molar-refractivity contribution < 1.29 is 9.53 Å². The Morgan fingerprint density at radius 3 is 2.87 bits per heavy atom. The Balaban J connectivity index is 2.66. The van der Waals surface area contributed by atoms with Gasteiger partial charge >= 0.3 is 6.09 Å². The average molecular weight is 226 g/mol. The van der Waals surface area contributed by atoms with E-state index in [9.17, 15) is 4.79 Å². The van der Waals surface area contributed by atoms with Crippen molar-refractivity contribution in [1.82, 2.24) is 5.43 Å². The molecule has 82 valence electrons. The van der Waals surface area contributed by atoms with Crippen molar-refractivity contribution in [2.24, 2.45) is 5.10 Å². The number of rotatable bonds is 3. The molecule has 1 aromatic rings. The van der Waals surface area contributed by atoms with Gasteiger partial charge in [-0.05, 0) is 25.5 Å². The third-order valence-electron chi connectivity index (χ3n) is 1.87. The average Bonchev–Trinajstić information content (AvgIpc) is 2.73. The number of carbonyl (C=O) groups is 1. The van der Waals surface area contributed by atoms with E-state index >= 15 is 0 Å². The van der Waals surface area contributed by atoms with Crippen molar-refractivity contribution >= 4 is 23.1 Å². The van der Waals surface area contributed by atoms with Gasteiger partial charge in [0.25, 0.3) is 0 Å². The van der Waals surface area contributed by atoms with Gasteiger partial charge in [-0.15, -0.1) is 11.3 Å². The normalized spacial score (nSPS) is 11.3. The molecule has 5 heteroatoms. The molecule has 0 bridgehead atoms. The molecule has 0 aliphatic carbocycles. The molecule has 0 spiro atoms. The highest BCUT2D eigenvalue weighted by molar-refractivity contribution is 7.14. The van der Waals surface area contributed by atoms with E-state index in [-0.39, 0.29) is 0 Å². The quantitative estimate of drug-likeness (QED) is 0.635. The minimum atomic E-state index is -0.554. The fourth-order valence-electron chi connectivity index (χ4n) is 0.993. The van der Waals surface area contributed by atoms with Crippen molar-refractivity contribution in [2.75, 3.05) is 7.11 Å². The fourth-order valence-corrected chi connectivity index (χ4v) is 1.88. The highest BCUT2D eigenvalue weighted by atomic mass is 32.1. The molecule has 0 radical (unpaired) electrons. The molecule has 1 N–H and O–H groups in total. The van der Waals surface area contributed by atoms with Crippen molar-refractivity contribution in [2.45, 2.75) is 20.3 Å². The number of thiophene rings is 1. The standard InChI is InChI=1S/C10H14N2O2S/c1-4-8-5-6-9(15-8)7(2)11-12-10(13)14-3/h5-6H,4H2,1-3H3,(H,12,13)/b11-7+. The lowest BCUT2D eigenvalue weighted by molar-refractivity contribution is 0.171. The van der Waals surface area contributed by atoms with Gasteiger partial charge in [-0.1, -0.05) is 6.92 Å². The number of amides is 1. The van der Waals surface area contributed by atoms with E-state index in [0.29, 0.717) is 0 Å². The summed E-state index contributed by atoms with van der Waals surface area (Å²) in [5.41, 5.74) is 3.07. The largest absolute Gasteiger partial charge is 0.452 e. The number of hydrazone groups is 1. The maximum atomic E-state index is 10.8. The molecule has 0 aliphatic heterocycles. The van der Waals surface area contributed by atoms with E-state index in [1.807, 2.05) is 13.0 Å². The van der Waals surface area contributed by atoms with Crippen LogP contribution in [0.15, 0.2) is 17.2 Å². The summed E-state index contributed by atoms with van der Waals surface area (Å²) in [6.45, 7) is 3.95. The van der Waals surface area contributed by atoms with E-state index in [4.69, 9.17) is 0 Å². The summed E-state index contributed by atoms with van der Waals surface area (Å²) in [5, 5.41) is 3.92. The van der Waals surface area contributed by atoms with E-state index < -0.39 is 6.09 Å². The van der Waals surface area contributed by atoms with Gasteiger partial charge in [0.1, 0.15) is 0 Å². The molecule has 0 fully saturated rings. The second-order valence-corrected chi connectivity index (χ2v) is 4.09. The second kappa shape index (κ2) is 5.50. The predicted octanol–water partition coefficient (Wildman–Crippen LogP) is 2.39. The van der Waals surface area contributed by atoms with E-state index in [0.717, 1.165) is 17.0 Å². The molecule has 4 nitrogen and oxygen atoms in total. The summed E-state index contributed by atoms with van der Waals surface area (Å²) in [5.74, 6) is 0. The Kier molecular flexibility index (Phi) is 4.30. The third kappa shape index (κ3) is 3.36. The molecule has 0 saturated heterocycles. The number of nitrogens with zero attached hydrogens (tertiary/aromatic N) is 1. The maximum Gasteiger partial charge on any atom is 0.427 e. The van der Waals surface area contributed by atoms with E-state index in [1.165, 1.54) is 12.0 Å². The van der Waals surface area contributed by atoms with Crippen LogP contribution in [0.2, 0.25) is 0 Å². The Labute approximate surface area is 93.0 Å². The van der Waals surface area contributed by atoms with Crippen LogP contribution in [0.3, 0.4) is 0 Å². The van der Waals surface area contributed by atoms with Crippen LogP contribution in [0.4, 0.5) is 4.79 Å². The zero-order valence-electron chi connectivity index (χ0n) is 9.03. The Morgan fingerprint density at radius 2 is 2.33 bits per heavy atom. The van der Waals surface area contributed by atoms with Gasteiger partial charge in [0, 0.05) is 4.88 Å². The molecule has 0 aromatic carbocycles. The Morgan fingerprint density at radius 1 is 1.60 bits per heavy atom. The van der Waals surface area contributed by atoms with Crippen molar-refractivity contribution in [3.05, 3.63) is 21.9 Å². The molecule has 0 saturated carbocycles. The fraction of sp³-hybridized carbons (Fsp3) is 0.400. The van der Waals surface area contributed by atoms with Gasteiger partial charge < -0.3 is 4.74 Å². The molecule has 15 heavy (non-hydrogen) atoms. The highest BCUT2D eigenvalue weighted by Gasteiger charge is 2.02. The van der Waals surface area contributed by atoms with Gasteiger partial charge in [0.2, 0.25) is 0 Å². The molecule has 0 aliphatic rings. The van der Waals surface area contributed by atoms with Crippen LogP contribution in [0, 0.1) is 0 Å². The molecule has 0 atom stereocenters. The minimum Gasteiger partial charge on any atom is -0.452 e. The van der Waals surface area contributed by atoms with Crippen LogP contribution in [0.25, 0.3) is 0 Å². The molecule has 1 rings (SSSR count). The minimum absolute atomic E-state index is 0.554. The molecule has 1 aromatic heterocycles. The number of nitrogens with one attached hydrogen (secondary N) is 1. The first-order valence-corrected chi connectivity index (χ1v) is 5.46. The number of hydrogen-bond acceptors (Lipinski definition) is 4. The zero-order chi connectivity index (χ0) is 11.3.